The molecule has 0 saturated heterocycles. The van der Waals surface area contributed by atoms with Crippen LogP contribution in [0.5, 0.6) is 0 Å². The van der Waals surface area contributed by atoms with Crippen LogP contribution in [0.15, 0.2) is 34.4 Å². The van der Waals surface area contributed by atoms with E-state index in [9.17, 15) is 18.8 Å². The van der Waals surface area contributed by atoms with Gasteiger partial charge in [0.25, 0.3) is 5.56 Å². The van der Waals surface area contributed by atoms with Crippen molar-refractivity contribution in [3.8, 4) is 5.69 Å². The Hall–Kier alpha value is -3.07. The molecule has 0 aliphatic heterocycles. The van der Waals surface area contributed by atoms with E-state index < -0.39 is 17.3 Å². The number of thiophene rings is 1. The summed E-state index contributed by atoms with van der Waals surface area (Å²) in [6.07, 6.45) is 7.19. The molecule has 174 valence electrons. The van der Waals surface area contributed by atoms with Crippen LogP contribution in [0.25, 0.3) is 16.5 Å². The highest BCUT2D eigenvalue weighted by Gasteiger charge is 2.23. The summed E-state index contributed by atoms with van der Waals surface area (Å²) >= 11 is 1.16. The largest absolute Gasteiger partial charge is 0.461 e. The number of amides is 1. The maximum atomic E-state index is 13.8. The molecule has 3 aromatic rings. The van der Waals surface area contributed by atoms with Crippen molar-refractivity contribution in [1.82, 2.24) is 9.78 Å². The summed E-state index contributed by atoms with van der Waals surface area (Å²) < 4.78 is 19.9. The van der Waals surface area contributed by atoms with Gasteiger partial charge in [0.15, 0.2) is 5.69 Å². The minimum absolute atomic E-state index is 0.0605. The molecule has 2 heterocycles. The van der Waals surface area contributed by atoms with Crippen molar-refractivity contribution in [3.63, 3.8) is 0 Å². The van der Waals surface area contributed by atoms with Crippen LogP contribution < -0.4 is 10.9 Å². The van der Waals surface area contributed by atoms with Crippen LogP contribution in [0.3, 0.4) is 0 Å². The molecule has 1 fully saturated rings. The second kappa shape index (κ2) is 10.2. The number of aromatic nitrogens is 2. The molecule has 33 heavy (non-hydrogen) atoms. The number of hydrogen-bond donors (Lipinski definition) is 1. The number of rotatable bonds is 7. The van der Waals surface area contributed by atoms with Gasteiger partial charge in [0.05, 0.1) is 17.7 Å². The van der Waals surface area contributed by atoms with Gasteiger partial charge in [0.1, 0.15) is 10.8 Å². The summed E-state index contributed by atoms with van der Waals surface area (Å²) in [6, 6.07) is 5.38. The molecule has 1 aromatic carbocycles. The normalized spacial score (nSPS) is 14.4. The number of benzene rings is 1. The maximum absolute atomic E-state index is 13.8. The molecule has 1 amide bonds. The Morgan fingerprint density at radius 3 is 2.79 bits per heavy atom. The molecular weight excluding hydrogens is 445 g/mol. The third kappa shape index (κ3) is 5.13. The predicted octanol–water partition coefficient (Wildman–Crippen LogP) is 5.06. The Labute approximate surface area is 194 Å². The lowest BCUT2D eigenvalue weighted by atomic mass is 9.86. The quantitative estimate of drug-likeness (QED) is 0.486. The number of nitrogens with zero attached hydrogens (tertiary/aromatic N) is 2. The molecule has 4 rings (SSSR count). The van der Waals surface area contributed by atoms with Crippen LogP contribution in [0, 0.1) is 11.7 Å². The first kappa shape index (κ1) is 23.1. The standard InChI is InChI=1S/C24H26FN3O4S/c1-2-32-24(31)21-18-14-33-22(26-19(29)12-11-15-7-4-3-5-8-15)20(18)23(30)28(27-21)17-10-6-9-16(25)13-17/h6,9-10,13-15H,2-5,7-8,11-12H2,1H3,(H,26,29). The van der Waals surface area contributed by atoms with E-state index in [0.717, 1.165) is 41.3 Å². The summed E-state index contributed by atoms with van der Waals surface area (Å²) in [4.78, 5) is 38.6. The van der Waals surface area contributed by atoms with Crippen molar-refractivity contribution in [2.24, 2.45) is 5.92 Å². The third-order valence-electron chi connectivity index (χ3n) is 5.93. The Bertz CT molecular complexity index is 1230. The first-order valence-electron chi connectivity index (χ1n) is 11.3. The smallest absolute Gasteiger partial charge is 0.359 e. The van der Waals surface area contributed by atoms with Crippen LogP contribution in [0.4, 0.5) is 9.39 Å². The van der Waals surface area contributed by atoms with Gasteiger partial charge in [-0.3, -0.25) is 9.59 Å². The number of anilines is 1. The van der Waals surface area contributed by atoms with Crippen molar-refractivity contribution in [1.29, 1.82) is 0 Å². The highest BCUT2D eigenvalue weighted by atomic mass is 32.1. The molecule has 1 N–H and O–H groups in total. The molecule has 0 bridgehead atoms. The van der Waals surface area contributed by atoms with Crippen LogP contribution in [-0.2, 0) is 9.53 Å². The zero-order chi connectivity index (χ0) is 23.4. The van der Waals surface area contributed by atoms with Gasteiger partial charge in [-0.2, -0.15) is 9.78 Å². The Balaban J connectivity index is 1.69. The molecule has 0 unspecified atom stereocenters. The lowest BCUT2D eigenvalue weighted by molar-refractivity contribution is -0.116. The topological polar surface area (TPSA) is 90.3 Å². The minimum Gasteiger partial charge on any atom is -0.461 e. The molecule has 7 nitrogen and oxygen atoms in total. The van der Waals surface area contributed by atoms with E-state index in [4.69, 9.17) is 4.74 Å². The fourth-order valence-electron chi connectivity index (χ4n) is 4.27. The summed E-state index contributed by atoms with van der Waals surface area (Å²) in [7, 11) is 0. The Morgan fingerprint density at radius 2 is 2.06 bits per heavy atom. The number of esters is 1. The lowest BCUT2D eigenvalue weighted by Crippen LogP contribution is -2.25. The van der Waals surface area contributed by atoms with Gasteiger partial charge >= 0.3 is 5.97 Å². The van der Waals surface area contributed by atoms with Crippen molar-refractivity contribution in [2.75, 3.05) is 11.9 Å². The molecule has 0 spiro atoms. The second-order valence-corrected chi connectivity index (χ2v) is 9.09. The van der Waals surface area contributed by atoms with Gasteiger partial charge in [0, 0.05) is 17.2 Å². The minimum atomic E-state index is -0.694. The van der Waals surface area contributed by atoms with E-state index in [2.05, 4.69) is 10.4 Å². The number of hydrogen-bond acceptors (Lipinski definition) is 6. The number of halogens is 1. The molecule has 1 saturated carbocycles. The Kier molecular flexibility index (Phi) is 7.17. The van der Waals surface area contributed by atoms with Crippen LogP contribution in [0.1, 0.15) is 62.4 Å². The zero-order valence-corrected chi connectivity index (χ0v) is 19.3. The van der Waals surface area contributed by atoms with E-state index in [0.29, 0.717) is 22.7 Å². The van der Waals surface area contributed by atoms with Gasteiger partial charge in [0.2, 0.25) is 5.91 Å². The predicted molar refractivity (Wildman–Crippen MR) is 126 cm³/mol. The van der Waals surface area contributed by atoms with E-state index in [1.54, 1.807) is 12.3 Å². The fraction of sp³-hybridized carbons (Fsp3) is 0.417. The Morgan fingerprint density at radius 1 is 1.27 bits per heavy atom. The highest BCUT2D eigenvalue weighted by molar-refractivity contribution is 7.16. The maximum Gasteiger partial charge on any atom is 0.359 e. The number of carbonyl (C=O) groups excluding carboxylic acids is 2. The fourth-order valence-corrected chi connectivity index (χ4v) is 5.23. The molecular formula is C24H26FN3O4S. The van der Waals surface area contributed by atoms with Gasteiger partial charge in [-0.1, -0.05) is 38.2 Å². The molecule has 0 radical (unpaired) electrons. The zero-order valence-electron chi connectivity index (χ0n) is 18.4. The van der Waals surface area contributed by atoms with E-state index >= 15 is 0 Å². The van der Waals surface area contributed by atoms with Gasteiger partial charge in [-0.05, 0) is 37.5 Å². The summed E-state index contributed by atoms with van der Waals surface area (Å²) in [5.41, 5.74) is -0.435. The van der Waals surface area contributed by atoms with Crippen molar-refractivity contribution in [2.45, 2.75) is 51.9 Å². The monoisotopic (exact) mass is 471 g/mol. The molecule has 1 aliphatic carbocycles. The lowest BCUT2D eigenvalue weighted by Gasteiger charge is -2.20. The number of carbonyl (C=O) groups is 2. The highest BCUT2D eigenvalue weighted by Crippen LogP contribution is 2.32. The van der Waals surface area contributed by atoms with Crippen molar-refractivity contribution >= 4 is 39.0 Å². The molecule has 9 heteroatoms. The number of nitrogens with one attached hydrogen (secondary N) is 1. The van der Waals surface area contributed by atoms with Crippen molar-refractivity contribution in [3.05, 3.63) is 51.5 Å². The van der Waals surface area contributed by atoms with Gasteiger partial charge in [-0.15, -0.1) is 11.3 Å². The molecule has 0 atom stereocenters. The SMILES string of the molecule is CCOC(=O)c1nn(-c2cccc(F)c2)c(=O)c2c(NC(=O)CCC3CCCCC3)scc12. The molecule has 2 aromatic heterocycles. The summed E-state index contributed by atoms with van der Waals surface area (Å²) in [6.45, 7) is 1.80. The van der Waals surface area contributed by atoms with Gasteiger partial charge < -0.3 is 10.1 Å². The second-order valence-electron chi connectivity index (χ2n) is 8.21. The van der Waals surface area contributed by atoms with Crippen LogP contribution in [-0.4, -0.2) is 28.3 Å². The van der Waals surface area contributed by atoms with E-state index in [-0.39, 0.29) is 29.3 Å². The van der Waals surface area contributed by atoms with Gasteiger partial charge in [-0.25, -0.2) is 9.18 Å². The molecule has 1 aliphatic rings. The van der Waals surface area contributed by atoms with E-state index in [1.807, 2.05) is 0 Å². The average Bonchev–Trinajstić information content (AvgIpc) is 3.23. The third-order valence-corrected chi connectivity index (χ3v) is 6.83. The average molecular weight is 472 g/mol. The number of fused-ring (bicyclic) bond motifs is 1. The first-order valence-corrected chi connectivity index (χ1v) is 12.1. The van der Waals surface area contributed by atoms with Crippen LogP contribution in [0.2, 0.25) is 0 Å². The van der Waals surface area contributed by atoms with Crippen molar-refractivity contribution < 1.29 is 18.7 Å². The summed E-state index contributed by atoms with van der Waals surface area (Å²) in [5.74, 6) is -0.842. The van der Waals surface area contributed by atoms with E-state index in [1.165, 1.54) is 37.5 Å². The number of ether oxygens (including phenoxy) is 1. The first-order chi connectivity index (χ1) is 16.0. The summed E-state index contributed by atoms with van der Waals surface area (Å²) in [5, 5.41) is 9.45. The van der Waals surface area contributed by atoms with Crippen LogP contribution >= 0.6 is 11.3 Å².